The first-order chi connectivity index (χ1) is 6.58. The highest BCUT2D eigenvalue weighted by molar-refractivity contribution is 5.73. The molecule has 0 aromatic carbocycles. The van der Waals surface area contributed by atoms with Gasteiger partial charge in [0.25, 0.3) is 0 Å². The summed E-state index contributed by atoms with van der Waals surface area (Å²) < 4.78 is 0. The Morgan fingerprint density at radius 3 is 2.57 bits per heavy atom. The third-order valence-electron chi connectivity index (χ3n) is 3.56. The molecule has 1 amide bonds. The van der Waals surface area contributed by atoms with E-state index in [0.29, 0.717) is 11.8 Å². The Kier molecular flexibility index (Phi) is 2.21. The van der Waals surface area contributed by atoms with Crippen molar-refractivity contribution >= 4 is 11.9 Å². The zero-order valence-electron chi connectivity index (χ0n) is 8.19. The highest BCUT2D eigenvalue weighted by atomic mass is 16.4. The molecule has 2 N–H and O–H groups in total. The molecule has 0 aromatic heterocycles. The standard InChI is InChI=1S/C10H15NO3/c1-5(12)11-9-4-6-2-7(10(13)14)3-8(6)9/h6-9H,2-4H2,1H3,(H,11,12)(H,13,14)/t6-,7+,8-,9+/m0/s1. The Morgan fingerprint density at radius 1 is 1.29 bits per heavy atom. The predicted octanol–water partition coefficient (Wildman–Crippen LogP) is 0.622. The average molecular weight is 197 g/mol. The van der Waals surface area contributed by atoms with E-state index in [-0.39, 0.29) is 17.9 Å². The molecule has 0 radical (unpaired) electrons. The largest absolute Gasteiger partial charge is 0.481 e. The minimum Gasteiger partial charge on any atom is -0.481 e. The molecule has 78 valence electrons. The normalized spacial score (nSPS) is 39.8. The number of amides is 1. The second kappa shape index (κ2) is 3.26. The van der Waals surface area contributed by atoms with Crippen LogP contribution in [0.2, 0.25) is 0 Å². The minimum atomic E-state index is -0.680. The van der Waals surface area contributed by atoms with E-state index in [4.69, 9.17) is 5.11 Å². The molecule has 2 aliphatic carbocycles. The van der Waals surface area contributed by atoms with Crippen molar-refractivity contribution in [3.8, 4) is 0 Å². The molecule has 0 aromatic rings. The molecule has 0 unspecified atom stereocenters. The Balaban J connectivity index is 1.89. The van der Waals surface area contributed by atoms with Crippen molar-refractivity contribution in [1.82, 2.24) is 5.32 Å². The van der Waals surface area contributed by atoms with Crippen molar-refractivity contribution in [2.75, 3.05) is 0 Å². The maximum Gasteiger partial charge on any atom is 0.306 e. The monoisotopic (exact) mass is 197 g/mol. The van der Waals surface area contributed by atoms with Gasteiger partial charge in [-0.25, -0.2) is 0 Å². The van der Waals surface area contributed by atoms with E-state index in [9.17, 15) is 9.59 Å². The summed E-state index contributed by atoms with van der Waals surface area (Å²) in [7, 11) is 0. The van der Waals surface area contributed by atoms with Crippen LogP contribution in [0.15, 0.2) is 0 Å². The van der Waals surface area contributed by atoms with E-state index in [2.05, 4.69) is 5.32 Å². The fourth-order valence-electron chi connectivity index (χ4n) is 2.86. The summed E-state index contributed by atoms with van der Waals surface area (Å²) in [6, 6.07) is 0.238. The molecule has 4 atom stereocenters. The van der Waals surface area contributed by atoms with E-state index < -0.39 is 5.97 Å². The first-order valence-electron chi connectivity index (χ1n) is 5.08. The fourth-order valence-corrected chi connectivity index (χ4v) is 2.86. The summed E-state index contributed by atoms with van der Waals surface area (Å²) in [4.78, 5) is 21.6. The molecule has 4 heteroatoms. The van der Waals surface area contributed by atoms with Gasteiger partial charge in [0.05, 0.1) is 5.92 Å². The zero-order valence-corrected chi connectivity index (χ0v) is 8.19. The van der Waals surface area contributed by atoms with Crippen LogP contribution in [-0.4, -0.2) is 23.0 Å². The lowest BCUT2D eigenvalue weighted by atomic mass is 9.71. The Bertz CT molecular complexity index is 277. The quantitative estimate of drug-likeness (QED) is 0.682. The SMILES string of the molecule is CC(=O)N[C@@H]1C[C@@H]2C[C@@H](C(=O)O)C[C@@H]21. The number of carboxylic acid groups (broad SMARTS) is 1. The van der Waals surface area contributed by atoms with Crippen LogP contribution < -0.4 is 5.32 Å². The molecule has 2 aliphatic rings. The molecule has 2 saturated carbocycles. The van der Waals surface area contributed by atoms with Crippen LogP contribution in [-0.2, 0) is 9.59 Å². The number of fused-ring (bicyclic) bond motifs is 1. The molecule has 2 rings (SSSR count). The maximum atomic E-state index is 10.8. The van der Waals surface area contributed by atoms with Gasteiger partial charge in [-0.2, -0.15) is 0 Å². The van der Waals surface area contributed by atoms with Crippen LogP contribution in [0.25, 0.3) is 0 Å². The van der Waals surface area contributed by atoms with Gasteiger partial charge in [0.15, 0.2) is 0 Å². The summed E-state index contributed by atoms with van der Waals surface area (Å²) in [5.41, 5.74) is 0. The Hall–Kier alpha value is -1.06. The van der Waals surface area contributed by atoms with Crippen molar-refractivity contribution in [2.45, 2.75) is 32.2 Å². The van der Waals surface area contributed by atoms with Gasteiger partial charge in [0.2, 0.25) is 5.91 Å². The van der Waals surface area contributed by atoms with E-state index >= 15 is 0 Å². The van der Waals surface area contributed by atoms with Gasteiger partial charge in [-0.3, -0.25) is 9.59 Å². The number of hydrogen-bond donors (Lipinski definition) is 2. The predicted molar refractivity (Wildman–Crippen MR) is 49.6 cm³/mol. The Labute approximate surface area is 82.7 Å². The van der Waals surface area contributed by atoms with Crippen LogP contribution in [0.1, 0.15) is 26.2 Å². The van der Waals surface area contributed by atoms with E-state index in [0.717, 1.165) is 19.3 Å². The lowest BCUT2D eigenvalue weighted by molar-refractivity contribution is -0.141. The van der Waals surface area contributed by atoms with E-state index in [1.54, 1.807) is 0 Å². The van der Waals surface area contributed by atoms with E-state index in [1.807, 2.05) is 0 Å². The number of carbonyl (C=O) groups is 2. The zero-order chi connectivity index (χ0) is 10.3. The molecule has 0 aliphatic heterocycles. The van der Waals surface area contributed by atoms with Crippen LogP contribution in [0.3, 0.4) is 0 Å². The van der Waals surface area contributed by atoms with Crippen molar-refractivity contribution in [1.29, 1.82) is 0 Å². The first-order valence-corrected chi connectivity index (χ1v) is 5.08. The number of rotatable bonds is 2. The summed E-state index contributed by atoms with van der Waals surface area (Å²) in [6.07, 6.45) is 2.51. The van der Waals surface area contributed by atoms with Crippen molar-refractivity contribution < 1.29 is 14.7 Å². The van der Waals surface area contributed by atoms with E-state index in [1.165, 1.54) is 6.92 Å². The minimum absolute atomic E-state index is 0.00720. The number of nitrogens with one attached hydrogen (secondary N) is 1. The summed E-state index contributed by atoms with van der Waals surface area (Å²) in [5, 5.41) is 11.7. The fraction of sp³-hybridized carbons (Fsp3) is 0.800. The number of aliphatic carboxylic acids is 1. The maximum absolute atomic E-state index is 10.8. The molecule has 0 bridgehead atoms. The molecule has 0 heterocycles. The first kappa shape index (κ1) is 9.49. The van der Waals surface area contributed by atoms with Gasteiger partial charge in [-0.05, 0) is 31.1 Å². The highest BCUT2D eigenvalue weighted by Gasteiger charge is 2.49. The topological polar surface area (TPSA) is 66.4 Å². The molecule has 14 heavy (non-hydrogen) atoms. The summed E-state index contributed by atoms with van der Waals surface area (Å²) >= 11 is 0. The van der Waals surface area contributed by atoms with Crippen molar-refractivity contribution in [3.05, 3.63) is 0 Å². The number of hydrogen-bond acceptors (Lipinski definition) is 2. The van der Waals surface area contributed by atoms with Crippen LogP contribution in [0.4, 0.5) is 0 Å². The van der Waals surface area contributed by atoms with Gasteiger partial charge < -0.3 is 10.4 Å². The van der Waals surface area contributed by atoms with Crippen molar-refractivity contribution in [2.24, 2.45) is 17.8 Å². The number of carboxylic acids is 1. The average Bonchev–Trinajstić information content (AvgIpc) is 2.39. The molecular weight excluding hydrogens is 182 g/mol. The van der Waals surface area contributed by atoms with Gasteiger partial charge in [0.1, 0.15) is 0 Å². The van der Waals surface area contributed by atoms with Crippen LogP contribution in [0, 0.1) is 17.8 Å². The third-order valence-corrected chi connectivity index (χ3v) is 3.56. The second-order valence-electron chi connectivity index (χ2n) is 4.47. The molecular formula is C10H15NO3. The third kappa shape index (κ3) is 1.49. The Morgan fingerprint density at radius 2 is 2.00 bits per heavy atom. The van der Waals surface area contributed by atoms with Crippen LogP contribution >= 0.6 is 0 Å². The molecule has 0 spiro atoms. The summed E-state index contributed by atoms with van der Waals surface area (Å²) in [6.45, 7) is 1.51. The van der Waals surface area contributed by atoms with Gasteiger partial charge >= 0.3 is 5.97 Å². The summed E-state index contributed by atoms with van der Waals surface area (Å²) in [5.74, 6) is 0.0879. The molecule has 2 fully saturated rings. The van der Waals surface area contributed by atoms with Crippen LogP contribution in [0.5, 0.6) is 0 Å². The van der Waals surface area contributed by atoms with Gasteiger partial charge in [0, 0.05) is 13.0 Å². The molecule has 4 nitrogen and oxygen atoms in total. The smallest absolute Gasteiger partial charge is 0.306 e. The number of carbonyl (C=O) groups excluding carboxylic acids is 1. The lowest BCUT2D eigenvalue weighted by Gasteiger charge is -2.40. The van der Waals surface area contributed by atoms with Crippen molar-refractivity contribution in [3.63, 3.8) is 0 Å². The molecule has 0 saturated heterocycles. The van der Waals surface area contributed by atoms with Gasteiger partial charge in [-0.15, -0.1) is 0 Å². The van der Waals surface area contributed by atoms with Gasteiger partial charge in [-0.1, -0.05) is 0 Å². The highest BCUT2D eigenvalue weighted by Crippen LogP contribution is 2.49. The second-order valence-corrected chi connectivity index (χ2v) is 4.47. The lowest BCUT2D eigenvalue weighted by Crippen LogP contribution is -2.49.